The number of rotatable bonds is 6. The summed E-state index contributed by atoms with van der Waals surface area (Å²) in [4.78, 5) is 23.1. The van der Waals surface area contributed by atoms with Crippen molar-refractivity contribution in [3.63, 3.8) is 0 Å². The van der Waals surface area contributed by atoms with Crippen molar-refractivity contribution in [2.75, 3.05) is 0 Å². The fourth-order valence-corrected chi connectivity index (χ4v) is 2.54. The summed E-state index contributed by atoms with van der Waals surface area (Å²) in [5.74, 6) is -1.29. The van der Waals surface area contributed by atoms with Crippen molar-refractivity contribution >= 4 is 23.2 Å². The predicted octanol–water partition coefficient (Wildman–Crippen LogP) is 2.10. The molecular weight excluding hydrogens is 274 g/mol. The first-order valence-electron chi connectivity index (χ1n) is 6.22. The summed E-state index contributed by atoms with van der Waals surface area (Å²) in [6, 6.07) is 10.2. The van der Waals surface area contributed by atoms with Crippen LogP contribution < -0.4 is 5.32 Å². The third-order valence-corrected chi connectivity index (χ3v) is 3.59. The molecule has 1 aromatic heterocycles. The number of thiophene rings is 1. The van der Waals surface area contributed by atoms with E-state index in [0.717, 1.165) is 11.1 Å². The maximum atomic E-state index is 11.8. The van der Waals surface area contributed by atoms with Crippen LogP contribution in [0.25, 0.3) is 0 Å². The van der Waals surface area contributed by atoms with Gasteiger partial charge in [-0.2, -0.15) is 11.3 Å². The molecule has 0 fully saturated rings. The monoisotopic (exact) mass is 289 g/mol. The van der Waals surface area contributed by atoms with Crippen molar-refractivity contribution in [2.24, 2.45) is 0 Å². The number of carboxylic acids is 1. The fourth-order valence-electron chi connectivity index (χ4n) is 1.87. The van der Waals surface area contributed by atoms with E-state index in [2.05, 4.69) is 5.32 Å². The minimum absolute atomic E-state index is 0.210. The van der Waals surface area contributed by atoms with E-state index in [9.17, 15) is 14.7 Å². The molecule has 0 bridgehead atoms. The van der Waals surface area contributed by atoms with Crippen LogP contribution in [-0.4, -0.2) is 23.0 Å². The van der Waals surface area contributed by atoms with Gasteiger partial charge in [-0.1, -0.05) is 30.3 Å². The molecule has 1 atom stereocenters. The lowest BCUT2D eigenvalue weighted by atomic mass is 10.1. The molecule has 1 aromatic carbocycles. The molecule has 5 heteroatoms. The fraction of sp³-hybridized carbons (Fsp3) is 0.200. The van der Waals surface area contributed by atoms with Crippen LogP contribution in [0.4, 0.5) is 0 Å². The Hall–Kier alpha value is -2.14. The van der Waals surface area contributed by atoms with E-state index < -0.39 is 12.0 Å². The van der Waals surface area contributed by atoms with Gasteiger partial charge in [-0.05, 0) is 28.0 Å². The first-order chi connectivity index (χ1) is 9.65. The molecule has 0 saturated heterocycles. The standard InChI is InChI=1S/C15H15NO3S/c17-14(9-12-6-7-20-10-12)16-13(15(18)19)8-11-4-2-1-3-5-11/h1-7,10,13H,8-9H2,(H,16,17)(H,18,19)/t13-/m0/s1. The summed E-state index contributed by atoms with van der Waals surface area (Å²) in [6.07, 6.45) is 0.494. The van der Waals surface area contributed by atoms with Crippen LogP contribution in [0.3, 0.4) is 0 Å². The number of carboxylic acid groups (broad SMARTS) is 1. The summed E-state index contributed by atoms with van der Waals surface area (Å²) in [5, 5.41) is 15.5. The number of hydrogen-bond acceptors (Lipinski definition) is 3. The molecule has 0 spiro atoms. The minimum atomic E-state index is -1.02. The third-order valence-electron chi connectivity index (χ3n) is 2.86. The second-order valence-corrected chi connectivity index (χ2v) is 5.24. The van der Waals surface area contributed by atoms with Crippen molar-refractivity contribution in [1.29, 1.82) is 0 Å². The van der Waals surface area contributed by atoms with Gasteiger partial charge in [0.05, 0.1) is 6.42 Å². The van der Waals surface area contributed by atoms with Gasteiger partial charge in [-0.25, -0.2) is 4.79 Å². The quantitative estimate of drug-likeness (QED) is 0.856. The Morgan fingerprint density at radius 2 is 1.90 bits per heavy atom. The van der Waals surface area contributed by atoms with Gasteiger partial charge in [0.2, 0.25) is 5.91 Å². The SMILES string of the molecule is O=C(Cc1ccsc1)N[C@@H](Cc1ccccc1)C(=O)O. The summed E-state index contributed by atoms with van der Waals surface area (Å²) in [7, 11) is 0. The molecule has 104 valence electrons. The Kier molecular flexibility index (Phi) is 4.90. The highest BCUT2D eigenvalue weighted by atomic mass is 32.1. The lowest BCUT2D eigenvalue weighted by molar-refractivity contribution is -0.141. The average molecular weight is 289 g/mol. The molecule has 1 heterocycles. The third kappa shape index (κ3) is 4.20. The summed E-state index contributed by atoms with van der Waals surface area (Å²) < 4.78 is 0. The predicted molar refractivity (Wildman–Crippen MR) is 77.7 cm³/mol. The number of carbonyl (C=O) groups is 2. The molecule has 4 nitrogen and oxygen atoms in total. The highest BCUT2D eigenvalue weighted by molar-refractivity contribution is 7.07. The maximum Gasteiger partial charge on any atom is 0.326 e. The molecule has 0 aliphatic rings. The van der Waals surface area contributed by atoms with Crippen LogP contribution in [-0.2, 0) is 22.4 Å². The van der Waals surface area contributed by atoms with Gasteiger partial charge < -0.3 is 10.4 Å². The van der Waals surface area contributed by atoms with Crippen molar-refractivity contribution in [2.45, 2.75) is 18.9 Å². The summed E-state index contributed by atoms with van der Waals surface area (Å²) >= 11 is 1.51. The normalized spacial score (nSPS) is 11.8. The first-order valence-corrected chi connectivity index (χ1v) is 7.16. The van der Waals surface area contributed by atoms with Crippen molar-refractivity contribution in [3.05, 3.63) is 58.3 Å². The number of benzene rings is 1. The number of hydrogen-bond donors (Lipinski definition) is 2. The molecule has 2 N–H and O–H groups in total. The van der Waals surface area contributed by atoms with E-state index in [0.29, 0.717) is 0 Å². The molecule has 0 unspecified atom stereocenters. The zero-order valence-electron chi connectivity index (χ0n) is 10.8. The van der Waals surface area contributed by atoms with E-state index in [4.69, 9.17) is 0 Å². The Bertz CT molecular complexity index is 566. The van der Waals surface area contributed by atoms with Crippen molar-refractivity contribution in [1.82, 2.24) is 5.32 Å². The van der Waals surface area contributed by atoms with Gasteiger partial charge in [0.25, 0.3) is 0 Å². The maximum absolute atomic E-state index is 11.8. The Labute approximate surface area is 121 Å². The minimum Gasteiger partial charge on any atom is -0.480 e. The van der Waals surface area contributed by atoms with Crippen LogP contribution in [0.2, 0.25) is 0 Å². The van der Waals surface area contributed by atoms with E-state index in [1.54, 1.807) is 0 Å². The lowest BCUT2D eigenvalue weighted by Crippen LogP contribution is -2.42. The zero-order valence-corrected chi connectivity index (χ0v) is 11.6. The Morgan fingerprint density at radius 3 is 2.50 bits per heavy atom. The topological polar surface area (TPSA) is 66.4 Å². The average Bonchev–Trinajstić information content (AvgIpc) is 2.92. The van der Waals surface area contributed by atoms with E-state index in [1.807, 2.05) is 47.2 Å². The van der Waals surface area contributed by atoms with Gasteiger partial charge in [-0.15, -0.1) is 0 Å². The number of amides is 1. The molecule has 0 saturated carbocycles. The molecule has 0 aliphatic carbocycles. The van der Waals surface area contributed by atoms with Gasteiger partial charge in [0, 0.05) is 6.42 Å². The number of aliphatic carboxylic acids is 1. The van der Waals surface area contributed by atoms with Crippen LogP contribution in [0, 0.1) is 0 Å². The second kappa shape index (κ2) is 6.86. The molecule has 20 heavy (non-hydrogen) atoms. The smallest absolute Gasteiger partial charge is 0.326 e. The van der Waals surface area contributed by atoms with Crippen LogP contribution in [0.5, 0.6) is 0 Å². The molecule has 0 radical (unpaired) electrons. The Morgan fingerprint density at radius 1 is 1.15 bits per heavy atom. The highest BCUT2D eigenvalue weighted by Crippen LogP contribution is 2.07. The molecule has 0 aliphatic heterocycles. The largest absolute Gasteiger partial charge is 0.480 e. The van der Waals surface area contributed by atoms with E-state index in [-0.39, 0.29) is 18.7 Å². The lowest BCUT2D eigenvalue weighted by Gasteiger charge is -2.14. The second-order valence-electron chi connectivity index (χ2n) is 4.46. The highest BCUT2D eigenvalue weighted by Gasteiger charge is 2.20. The number of nitrogens with one attached hydrogen (secondary N) is 1. The van der Waals surface area contributed by atoms with E-state index in [1.165, 1.54) is 11.3 Å². The zero-order chi connectivity index (χ0) is 14.4. The van der Waals surface area contributed by atoms with Gasteiger partial charge in [0.1, 0.15) is 6.04 Å². The van der Waals surface area contributed by atoms with Crippen molar-refractivity contribution < 1.29 is 14.7 Å². The van der Waals surface area contributed by atoms with Gasteiger partial charge in [-0.3, -0.25) is 4.79 Å². The van der Waals surface area contributed by atoms with Crippen LogP contribution in [0.15, 0.2) is 47.2 Å². The molecule has 2 aromatic rings. The molecule has 2 rings (SSSR count). The molecular formula is C15H15NO3S. The summed E-state index contributed by atoms with van der Waals surface area (Å²) in [5.41, 5.74) is 1.78. The number of carbonyl (C=O) groups excluding carboxylic acids is 1. The van der Waals surface area contributed by atoms with Crippen LogP contribution in [0.1, 0.15) is 11.1 Å². The Balaban J connectivity index is 1.95. The van der Waals surface area contributed by atoms with Gasteiger partial charge >= 0.3 is 5.97 Å². The van der Waals surface area contributed by atoms with E-state index >= 15 is 0 Å². The van der Waals surface area contributed by atoms with Crippen LogP contribution >= 0.6 is 11.3 Å². The van der Waals surface area contributed by atoms with Gasteiger partial charge in [0.15, 0.2) is 0 Å². The first kappa shape index (κ1) is 14.3. The van der Waals surface area contributed by atoms with Crippen molar-refractivity contribution in [3.8, 4) is 0 Å². The molecule has 1 amide bonds. The summed E-state index contributed by atoms with van der Waals surface area (Å²) in [6.45, 7) is 0.